The summed E-state index contributed by atoms with van der Waals surface area (Å²) in [5, 5.41) is 0. The second kappa shape index (κ2) is 7.01. The SMILES string of the molecule is Fc1ccc([C@H](CCCl)Oc2cccc(C(F)(F)F)c2)cc1. The molecule has 0 radical (unpaired) electrons. The van der Waals surface area contributed by atoms with Crippen LogP contribution in [0.2, 0.25) is 0 Å². The maximum Gasteiger partial charge on any atom is 0.416 e. The lowest BCUT2D eigenvalue weighted by Crippen LogP contribution is -2.10. The number of benzene rings is 2. The van der Waals surface area contributed by atoms with Gasteiger partial charge < -0.3 is 4.74 Å². The molecule has 0 aliphatic heterocycles. The van der Waals surface area contributed by atoms with Crippen molar-refractivity contribution in [2.75, 3.05) is 5.88 Å². The molecule has 0 unspecified atom stereocenters. The van der Waals surface area contributed by atoms with E-state index in [1.807, 2.05) is 0 Å². The molecule has 0 heterocycles. The van der Waals surface area contributed by atoms with Gasteiger partial charge in [-0.15, -0.1) is 11.6 Å². The van der Waals surface area contributed by atoms with Crippen LogP contribution in [0, 0.1) is 5.82 Å². The zero-order valence-electron chi connectivity index (χ0n) is 11.4. The maximum atomic E-state index is 13.0. The fourth-order valence-electron chi connectivity index (χ4n) is 1.98. The average Bonchev–Trinajstić information content (AvgIpc) is 2.47. The van der Waals surface area contributed by atoms with Crippen molar-refractivity contribution < 1.29 is 22.3 Å². The average molecular weight is 333 g/mol. The molecule has 0 amide bonds. The van der Waals surface area contributed by atoms with Crippen LogP contribution in [-0.4, -0.2) is 5.88 Å². The molecule has 2 rings (SSSR count). The summed E-state index contributed by atoms with van der Waals surface area (Å²) in [6.45, 7) is 0. The molecule has 0 saturated carbocycles. The lowest BCUT2D eigenvalue weighted by molar-refractivity contribution is -0.137. The van der Waals surface area contributed by atoms with E-state index in [0.717, 1.165) is 12.1 Å². The van der Waals surface area contributed by atoms with Gasteiger partial charge in [-0.2, -0.15) is 13.2 Å². The first-order valence-electron chi connectivity index (χ1n) is 6.55. The van der Waals surface area contributed by atoms with Gasteiger partial charge in [0.25, 0.3) is 0 Å². The molecule has 0 N–H and O–H groups in total. The van der Waals surface area contributed by atoms with E-state index in [4.69, 9.17) is 16.3 Å². The van der Waals surface area contributed by atoms with E-state index in [2.05, 4.69) is 0 Å². The molecule has 118 valence electrons. The molecule has 0 spiro atoms. The van der Waals surface area contributed by atoms with E-state index in [1.54, 1.807) is 0 Å². The number of ether oxygens (including phenoxy) is 1. The minimum Gasteiger partial charge on any atom is -0.486 e. The first kappa shape index (κ1) is 16.6. The topological polar surface area (TPSA) is 9.23 Å². The van der Waals surface area contributed by atoms with Gasteiger partial charge in [0.05, 0.1) is 5.56 Å². The van der Waals surface area contributed by atoms with Crippen LogP contribution >= 0.6 is 11.6 Å². The lowest BCUT2D eigenvalue weighted by atomic mass is 10.1. The Kier molecular flexibility index (Phi) is 5.29. The number of alkyl halides is 4. The summed E-state index contributed by atoms with van der Waals surface area (Å²) in [7, 11) is 0. The summed E-state index contributed by atoms with van der Waals surface area (Å²) in [6, 6.07) is 10.2. The van der Waals surface area contributed by atoms with Crippen LogP contribution in [0.25, 0.3) is 0 Å². The summed E-state index contributed by atoms with van der Waals surface area (Å²) in [6.07, 6.45) is -4.58. The monoisotopic (exact) mass is 332 g/mol. The molecular weight excluding hydrogens is 320 g/mol. The zero-order valence-corrected chi connectivity index (χ0v) is 12.2. The van der Waals surface area contributed by atoms with Crippen molar-refractivity contribution >= 4 is 11.6 Å². The van der Waals surface area contributed by atoms with Gasteiger partial charge in [0, 0.05) is 12.3 Å². The number of hydrogen-bond acceptors (Lipinski definition) is 1. The van der Waals surface area contributed by atoms with Gasteiger partial charge in [-0.25, -0.2) is 4.39 Å². The predicted octanol–water partition coefficient (Wildman–Crippen LogP) is 5.59. The highest BCUT2D eigenvalue weighted by Gasteiger charge is 2.30. The van der Waals surface area contributed by atoms with Crippen LogP contribution in [0.15, 0.2) is 48.5 Å². The van der Waals surface area contributed by atoms with E-state index >= 15 is 0 Å². The van der Waals surface area contributed by atoms with Gasteiger partial charge in [0.2, 0.25) is 0 Å². The predicted molar refractivity (Wildman–Crippen MR) is 76.6 cm³/mol. The van der Waals surface area contributed by atoms with Gasteiger partial charge in [-0.3, -0.25) is 0 Å². The summed E-state index contributed by atoms with van der Waals surface area (Å²) in [4.78, 5) is 0. The molecule has 22 heavy (non-hydrogen) atoms. The Labute approximate surface area is 130 Å². The second-order valence-electron chi connectivity index (χ2n) is 4.66. The Balaban J connectivity index is 2.23. The number of halogens is 5. The zero-order chi connectivity index (χ0) is 16.2. The fourth-order valence-corrected chi connectivity index (χ4v) is 2.18. The number of hydrogen-bond donors (Lipinski definition) is 0. The first-order valence-corrected chi connectivity index (χ1v) is 7.09. The molecule has 0 fully saturated rings. The van der Waals surface area contributed by atoms with E-state index < -0.39 is 23.7 Å². The van der Waals surface area contributed by atoms with Gasteiger partial charge >= 0.3 is 6.18 Å². The highest BCUT2D eigenvalue weighted by atomic mass is 35.5. The normalized spacial score (nSPS) is 13.0. The molecule has 2 aromatic carbocycles. The summed E-state index contributed by atoms with van der Waals surface area (Å²) < 4.78 is 56.7. The van der Waals surface area contributed by atoms with Crippen molar-refractivity contribution in [2.24, 2.45) is 0 Å². The van der Waals surface area contributed by atoms with Crippen molar-refractivity contribution in [3.63, 3.8) is 0 Å². The third-order valence-corrected chi connectivity index (χ3v) is 3.27. The van der Waals surface area contributed by atoms with Crippen molar-refractivity contribution in [3.8, 4) is 5.75 Å². The van der Waals surface area contributed by atoms with Crippen LogP contribution < -0.4 is 4.74 Å². The molecule has 2 aromatic rings. The van der Waals surface area contributed by atoms with Crippen LogP contribution in [0.5, 0.6) is 5.75 Å². The van der Waals surface area contributed by atoms with Gasteiger partial charge in [-0.1, -0.05) is 18.2 Å². The first-order chi connectivity index (χ1) is 10.4. The molecule has 0 aromatic heterocycles. The molecule has 0 aliphatic carbocycles. The summed E-state index contributed by atoms with van der Waals surface area (Å²) in [5.74, 6) is -0.0391. The molecule has 0 aliphatic rings. The van der Waals surface area contributed by atoms with E-state index in [9.17, 15) is 17.6 Å². The molecule has 6 heteroatoms. The van der Waals surface area contributed by atoms with E-state index in [1.165, 1.54) is 36.4 Å². The largest absolute Gasteiger partial charge is 0.486 e. The highest BCUT2D eigenvalue weighted by molar-refractivity contribution is 6.17. The van der Waals surface area contributed by atoms with Crippen LogP contribution in [0.4, 0.5) is 17.6 Å². The second-order valence-corrected chi connectivity index (χ2v) is 5.04. The third kappa shape index (κ3) is 4.37. The maximum absolute atomic E-state index is 13.0. The summed E-state index contributed by atoms with van der Waals surface area (Å²) >= 11 is 5.71. The Morgan fingerprint density at radius 1 is 1.05 bits per heavy atom. The van der Waals surface area contributed by atoms with Crippen molar-refractivity contribution in [3.05, 3.63) is 65.5 Å². The smallest absolute Gasteiger partial charge is 0.416 e. The minimum absolute atomic E-state index is 0.0919. The van der Waals surface area contributed by atoms with Crippen molar-refractivity contribution in [2.45, 2.75) is 18.7 Å². The highest BCUT2D eigenvalue weighted by Crippen LogP contribution is 2.33. The van der Waals surface area contributed by atoms with Gasteiger partial charge in [0.15, 0.2) is 0 Å². The van der Waals surface area contributed by atoms with E-state index in [0.29, 0.717) is 12.0 Å². The Hall–Kier alpha value is -1.75. The third-order valence-electron chi connectivity index (χ3n) is 3.05. The standard InChI is InChI=1S/C16H13ClF4O/c17-9-8-15(11-4-6-13(18)7-5-11)22-14-3-1-2-12(10-14)16(19,20)21/h1-7,10,15H,8-9H2/t15-/m0/s1. The van der Waals surface area contributed by atoms with Gasteiger partial charge in [-0.05, 0) is 35.9 Å². The van der Waals surface area contributed by atoms with Crippen LogP contribution in [-0.2, 0) is 6.18 Å². The summed E-state index contributed by atoms with van der Waals surface area (Å²) in [5.41, 5.74) is -0.131. The fraction of sp³-hybridized carbons (Fsp3) is 0.250. The van der Waals surface area contributed by atoms with Crippen LogP contribution in [0.1, 0.15) is 23.7 Å². The molecular formula is C16H13ClF4O. The number of rotatable bonds is 5. The Morgan fingerprint density at radius 3 is 2.32 bits per heavy atom. The van der Waals surface area contributed by atoms with Gasteiger partial charge in [0.1, 0.15) is 17.7 Å². The van der Waals surface area contributed by atoms with E-state index in [-0.39, 0.29) is 11.6 Å². The minimum atomic E-state index is -4.43. The molecule has 1 atom stereocenters. The molecule has 1 nitrogen and oxygen atoms in total. The molecule has 0 saturated heterocycles. The quantitative estimate of drug-likeness (QED) is 0.512. The van der Waals surface area contributed by atoms with Crippen LogP contribution in [0.3, 0.4) is 0 Å². The Bertz CT molecular complexity index is 610. The lowest BCUT2D eigenvalue weighted by Gasteiger charge is -2.19. The van der Waals surface area contributed by atoms with Crippen molar-refractivity contribution in [1.82, 2.24) is 0 Å². The molecule has 0 bridgehead atoms. The van der Waals surface area contributed by atoms with Crippen molar-refractivity contribution in [1.29, 1.82) is 0 Å². The Morgan fingerprint density at radius 2 is 1.73 bits per heavy atom.